The van der Waals surface area contributed by atoms with Gasteiger partial charge in [-0.1, -0.05) is 31.4 Å². The molecule has 0 radical (unpaired) electrons. The van der Waals surface area contributed by atoms with Crippen LogP contribution in [0.4, 0.5) is 0 Å². The first-order valence-electron chi connectivity index (χ1n) is 4.52. The van der Waals surface area contributed by atoms with Crippen molar-refractivity contribution in [2.45, 2.75) is 46.0 Å². The van der Waals surface area contributed by atoms with Crippen molar-refractivity contribution in [3.63, 3.8) is 0 Å². The number of hydrogen-bond acceptors (Lipinski definition) is 2. The minimum absolute atomic E-state index is 0.0535. The van der Waals surface area contributed by atoms with Gasteiger partial charge in [-0.25, -0.2) is 0 Å². The van der Waals surface area contributed by atoms with Crippen molar-refractivity contribution in [1.29, 1.82) is 0 Å². The highest BCUT2D eigenvalue weighted by Gasteiger charge is 1.90. The Balaban J connectivity index is 3.49. The second-order valence-electron chi connectivity index (χ2n) is 3.08. The molecule has 0 aliphatic rings. The minimum Gasteiger partial charge on any atom is -0.550 e. The maximum Gasteiger partial charge on any atom is 0.0452 e. The quantitative estimate of drug-likeness (QED) is 0.448. The third kappa shape index (κ3) is 7.32. The maximum atomic E-state index is 10.1. The molecule has 0 amide bonds. The molecule has 0 heterocycles. The first kappa shape index (κ1) is 11.2. The van der Waals surface area contributed by atoms with Gasteiger partial charge in [-0.2, -0.15) is 0 Å². The van der Waals surface area contributed by atoms with Crippen LogP contribution >= 0.6 is 0 Å². The lowest BCUT2D eigenvalue weighted by Crippen LogP contribution is -2.20. The molecule has 0 spiro atoms. The van der Waals surface area contributed by atoms with Crippen LogP contribution in [0.1, 0.15) is 46.0 Å². The van der Waals surface area contributed by atoms with E-state index in [2.05, 4.69) is 6.92 Å². The molecule has 2 heteroatoms. The Bertz CT molecular complexity index is 159. The lowest BCUT2D eigenvalue weighted by Gasteiger charge is -2.01. The van der Waals surface area contributed by atoms with Crippen molar-refractivity contribution in [2.24, 2.45) is 0 Å². The minimum atomic E-state index is -0.996. The summed E-state index contributed by atoms with van der Waals surface area (Å²) in [6, 6.07) is 0. The summed E-state index contributed by atoms with van der Waals surface area (Å²) in [6.07, 6.45) is 6.39. The normalized spacial score (nSPS) is 11.7. The molecule has 0 saturated carbocycles. The molecule has 0 aromatic heterocycles. The first-order valence-corrected chi connectivity index (χ1v) is 4.52. The van der Waals surface area contributed by atoms with Crippen LogP contribution in [0, 0.1) is 0 Å². The van der Waals surface area contributed by atoms with Crippen LogP contribution < -0.4 is 5.11 Å². The zero-order valence-corrected chi connectivity index (χ0v) is 7.93. The van der Waals surface area contributed by atoms with E-state index < -0.39 is 5.97 Å². The van der Waals surface area contributed by atoms with E-state index in [1.165, 1.54) is 12.8 Å². The summed E-state index contributed by atoms with van der Waals surface area (Å²) in [6.45, 7) is 4.12. The topological polar surface area (TPSA) is 40.1 Å². The molecule has 0 unspecified atom stereocenters. The Hall–Kier alpha value is -0.790. The van der Waals surface area contributed by atoms with Gasteiger partial charge >= 0.3 is 0 Å². The van der Waals surface area contributed by atoms with Gasteiger partial charge in [-0.15, -0.1) is 0 Å². The molecule has 70 valence electrons. The molecule has 0 atom stereocenters. The van der Waals surface area contributed by atoms with Crippen LogP contribution in [0.25, 0.3) is 0 Å². The maximum absolute atomic E-state index is 10.1. The van der Waals surface area contributed by atoms with Crippen molar-refractivity contribution in [3.8, 4) is 0 Å². The zero-order chi connectivity index (χ0) is 9.40. The highest BCUT2D eigenvalue weighted by molar-refractivity contribution is 5.66. The Morgan fingerprint density at radius 2 is 2.08 bits per heavy atom. The molecule has 0 aliphatic heterocycles. The smallest absolute Gasteiger partial charge is 0.0452 e. The van der Waals surface area contributed by atoms with Gasteiger partial charge in [0.1, 0.15) is 0 Å². The third-order valence-electron chi connectivity index (χ3n) is 1.79. The monoisotopic (exact) mass is 169 g/mol. The average molecular weight is 169 g/mol. The van der Waals surface area contributed by atoms with Crippen LogP contribution in [0.5, 0.6) is 0 Å². The molecule has 0 rings (SSSR count). The summed E-state index contributed by atoms with van der Waals surface area (Å²) in [4.78, 5) is 10.1. The Kier molecular flexibility index (Phi) is 6.44. The molecule has 0 aromatic rings. The van der Waals surface area contributed by atoms with Gasteiger partial charge in [-0.3, -0.25) is 0 Å². The van der Waals surface area contributed by atoms with E-state index in [1.54, 1.807) is 6.08 Å². The SMILES string of the molecule is CCCCC/C(C)=C/CC(=O)[O-]. The van der Waals surface area contributed by atoms with Crippen LogP contribution in [0.2, 0.25) is 0 Å². The van der Waals surface area contributed by atoms with Gasteiger partial charge in [-0.05, 0) is 19.8 Å². The predicted molar refractivity (Wildman–Crippen MR) is 47.5 cm³/mol. The van der Waals surface area contributed by atoms with E-state index in [-0.39, 0.29) is 6.42 Å². The van der Waals surface area contributed by atoms with E-state index in [1.807, 2.05) is 6.92 Å². The van der Waals surface area contributed by atoms with E-state index in [4.69, 9.17) is 0 Å². The Morgan fingerprint density at radius 1 is 1.42 bits per heavy atom. The zero-order valence-electron chi connectivity index (χ0n) is 7.93. The highest BCUT2D eigenvalue weighted by Crippen LogP contribution is 2.08. The Morgan fingerprint density at radius 3 is 2.58 bits per heavy atom. The second-order valence-corrected chi connectivity index (χ2v) is 3.08. The molecular weight excluding hydrogens is 152 g/mol. The predicted octanol–water partition coefficient (Wildman–Crippen LogP) is 1.65. The van der Waals surface area contributed by atoms with Gasteiger partial charge in [0.25, 0.3) is 0 Å². The van der Waals surface area contributed by atoms with Crippen molar-refractivity contribution < 1.29 is 9.90 Å². The van der Waals surface area contributed by atoms with Crippen LogP contribution in [-0.4, -0.2) is 5.97 Å². The highest BCUT2D eigenvalue weighted by atomic mass is 16.4. The summed E-state index contributed by atoms with van der Waals surface area (Å²) in [5.41, 5.74) is 1.16. The number of rotatable bonds is 6. The van der Waals surface area contributed by atoms with E-state index in [0.29, 0.717) is 0 Å². The summed E-state index contributed by atoms with van der Waals surface area (Å²) >= 11 is 0. The summed E-state index contributed by atoms with van der Waals surface area (Å²) in [7, 11) is 0. The lowest BCUT2D eigenvalue weighted by atomic mass is 10.1. The van der Waals surface area contributed by atoms with Gasteiger partial charge in [0.2, 0.25) is 0 Å². The van der Waals surface area contributed by atoms with Crippen molar-refractivity contribution in [1.82, 2.24) is 0 Å². The standard InChI is InChI=1S/C10H18O2/c1-3-4-5-6-9(2)7-8-10(11)12/h7H,3-6,8H2,1-2H3,(H,11,12)/p-1/b9-7+. The first-order chi connectivity index (χ1) is 5.66. The molecule has 0 saturated heterocycles. The van der Waals surface area contributed by atoms with Crippen LogP contribution in [0.15, 0.2) is 11.6 Å². The molecule has 0 N–H and O–H groups in total. The van der Waals surface area contributed by atoms with E-state index >= 15 is 0 Å². The molecule has 0 bridgehead atoms. The fourth-order valence-electron chi connectivity index (χ4n) is 1.01. The number of carboxylic acids is 1. The van der Waals surface area contributed by atoms with E-state index in [0.717, 1.165) is 18.4 Å². The lowest BCUT2D eigenvalue weighted by molar-refractivity contribution is -0.304. The van der Waals surface area contributed by atoms with E-state index in [9.17, 15) is 9.90 Å². The third-order valence-corrected chi connectivity index (χ3v) is 1.79. The molecule has 0 aliphatic carbocycles. The largest absolute Gasteiger partial charge is 0.550 e. The van der Waals surface area contributed by atoms with Gasteiger partial charge in [0.05, 0.1) is 0 Å². The molecule has 2 nitrogen and oxygen atoms in total. The number of carbonyl (C=O) groups excluding carboxylic acids is 1. The van der Waals surface area contributed by atoms with Crippen molar-refractivity contribution in [3.05, 3.63) is 11.6 Å². The van der Waals surface area contributed by atoms with Crippen molar-refractivity contribution >= 4 is 5.97 Å². The van der Waals surface area contributed by atoms with Crippen molar-refractivity contribution in [2.75, 3.05) is 0 Å². The van der Waals surface area contributed by atoms with Gasteiger partial charge in [0.15, 0.2) is 0 Å². The fraction of sp³-hybridized carbons (Fsp3) is 0.700. The summed E-state index contributed by atoms with van der Waals surface area (Å²) in [5.74, 6) is -0.996. The molecular formula is C10H17O2-. The second kappa shape index (κ2) is 6.89. The Labute approximate surface area is 74.3 Å². The number of aliphatic carboxylic acids is 1. The molecule has 0 aromatic carbocycles. The number of unbranched alkanes of at least 4 members (excludes halogenated alkanes) is 2. The van der Waals surface area contributed by atoms with Gasteiger partial charge in [0, 0.05) is 12.4 Å². The van der Waals surface area contributed by atoms with Crippen LogP contribution in [-0.2, 0) is 4.79 Å². The number of carboxylic acid groups (broad SMARTS) is 1. The molecule has 12 heavy (non-hydrogen) atoms. The summed E-state index contributed by atoms with van der Waals surface area (Å²) in [5, 5.41) is 10.1. The number of carbonyl (C=O) groups is 1. The fourth-order valence-corrected chi connectivity index (χ4v) is 1.01. The molecule has 0 fully saturated rings. The number of hydrogen-bond donors (Lipinski definition) is 0. The van der Waals surface area contributed by atoms with Gasteiger partial charge < -0.3 is 9.90 Å². The van der Waals surface area contributed by atoms with Crippen LogP contribution in [0.3, 0.4) is 0 Å². The summed E-state index contributed by atoms with van der Waals surface area (Å²) < 4.78 is 0. The average Bonchev–Trinajstić information content (AvgIpc) is 2.01. The number of allylic oxidation sites excluding steroid dienone is 1.